The summed E-state index contributed by atoms with van der Waals surface area (Å²) < 4.78 is 0. The molecule has 1 aliphatic rings. The van der Waals surface area contributed by atoms with Crippen LogP contribution in [0.3, 0.4) is 0 Å². The van der Waals surface area contributed by atoms with Gasteiger partial charge in [0.15, 0.2) is 0 Å². The summed E-state index contributed by atoms with van der Waals surface area (Å²) in [5, 5.41) is 0. The van der Waals surface area contributed by atoms with Crippen LogP contribution in [0.4, 0.5) is 0 Å². The summed E-state index contributed by atoms with van der Waals surface area (Å²) >= 11 is 0. The first-order chi connectivity index (χ1) is 9.39. The molecule has 2 heterocycles. The molecule has 0 saturated carbocycles. The average Bonchev–Trinajstić information content (AvgIpc) is 2.46. The highest BCUT2D eigenvalue weighted by Gasteiger charge is 2.31. The largest absolute Gasteiger partial charge is 0.339 e. The van der Waals surface area contributed by atoms with Gasteiger partial charge in [-0.15, -0.1) is 37.2 Å². The predicted octanol–water partition coefficient (Wildman–Crippen LogP) is 2.29. The molecule has 1 aromatic rings. The highest BCUT2D eigenvalue weighted by molar-refractivity contribution is 5.86. The van der Waals surface area contributed by atoms with Gasteiger partial charge in [0.25, 0.3) is 0 Å². The number of carbonyl (C=O) groups excluding carboxylic acids is 1. The molecular weight excluding hydrogens is 359 g/mol. The zero-order chi connectivity index (χ0) is 14.8. The van der Waals surface area contributed by atoms with Crippen molar-refractivity contribution in [3.8, 4) is 0 Å². The second-order valence-electron chi connectivity index (χ2n) is 6.01. The van der Waals surface area contributed by atoms with Crippen LogP contribution in [0, 0.1) is 0 Å². The van der Waals surface area contributed by atoms with E-state index in [9.17, 15) is 4.79 Å². The van der Waals surface area contributed by atoms with E-state index in [1.54, 1.807) is 20.0 Å². The van der Waals surface area contributed by atoms with Crippen molar-refractivity contribution in [1.29, 1.82) is 0 Å². The van der Waals surface area contributed by atoms with Gasteiger partial charge < -0.3 is 10.6 Å². The molecule has 1 fully saturated rings. The topological polar surface area (TPSA) is 62.5 Å². The van der Waals surface area contributed by atoms with E-state index < -0.39 is 5.54 Å². The van der Waals surface area contributed by atoms with Crippen molar-refractivity contribution in [2.24, 2.45) is 5.73 Å². The standard InChI is InChI=1S/C15H24N4O.3ClH/c1-12(13-5-4-6-17-11-13)18-7-9-19(10-8-18)14(20)15(2,3)16;;;/h4-6,11-12H,7-10,16H2,1-3H3;3*1H. The third-order valence-electron chi connectivity index (χ3n) is 3.87. The number of nitrogens with zero attached hydrogens (tertiary/aromatic N) is 3. The second kappa shape index (κ2) is 10.3. The summed E-state index contributed by atoms with van der Waals surface area (Å²) in [7, 11) is 0. The maximum Gasteiger partial charge on any atom is 0.242 e. The highest BCUT2D eigenvalue weighted by atomic mass is 35.5. The van der Waals surface area contributed by atoms with Crippen molar-refractivity contribution in [2.75, 3.05) is 26.2 Å². The molecule has 0 aromatic carbocycles. The maximum absolute atomic E-state index is 12.1. The van der Waals surface area contributed by atoms with Crippen LogP contribution >= 0.6 is 37.2 Å². The second-order valence-corrected chi connectivity index (χ2v) is 6.01. The van der Waals surface area contributed by atoms with Gasteiger partial charge in [0.2, 0.25) is 5.91 Å². The van der Waals surface area contributed by atoms with Crippen molar-refractivity contribution in [2.45, 2.75) is 32.4 Å². The molecule has 1 aromatic heterocycles. The summed E-state index contributed by atoms with van der Waals surface area (Å²) in [4.78, 5) is 20.6. The van der Waals surface area contributed by atoms with E-state index in [4.69, 9.17) is 5.73 Å². The molecule has 1 saturated heterocycles. The quantitative estimate of drug-likeness (QED) is 0.867. The van der Waals surface area contributed by atoms with Crippen LogP contribution < -0.4 is 5.73 Å². The lowest BCUT2D eigenvalue weighted by Gasteiger charge is -2.40. The molecule has 8 heteroatoms. The van der Waals surface area contributed by atoms with Gasteiger partial charge in [-0.25, -0.2) is 0 Å². The lowest BCUT2D eigenvalue weighted by atomic mass is 10.0. The predicted molar refractivity (Wildman–Crippen MR) is 101 cm³/mol. The number of piperazine rings is 1. The number of halogens is 3. The van der Waals surface area contributed by atoms with E-state index in [1.165, 1.54) is 5.56 Å². The Labute approximate surface area is 157 Å². The fourth-order valence-corrected chi connectivity index (χ4v) is 2.55. The van der Waals surface area contributed by atoms with Gasteiger partial charge in [0.05, 0.1) is 5.54 Å². The van der Waals surface area contributed by atoms with Gasteiger partial charge in [-0.2, -0.15) is 0 Å². The van der Waals surface area contributed by atoms with Gasteiger partial charge in [0.1, 0.15) is 0 Å². The Bertz CT molecular complexity index is 460. The van der Waals surface area contributed by atoms with Crippen molar-refractivity contribution in [1.82, 2.24) is 14.8 Å². The Kier molecular flexibility index (Phi) is 11.1. The Morgan fingerprint density at radius 3 is 2.22 bits per heavy atom. The lowest BCUT2D eigenvalue weighted by molar-refractivity contribution is -0.137. The van der Waals surface area contributed by atoms with Crippen LogP contribution in [0.2, 0.25) is 0 Å². The number of aromatic nitrogens is 1. The molecule has 134 valence electrons. The number of amides is 1. The van der Waals surface area contributed by atoms with Crippen LogP contribution in [0.1, 0.15) is 32.4 Å². The zero-order valence-corrected chi connectivity index (χ0v) is 16.2. The number of hydrogen-bond acceptors (Lipinski definition) is 4. The number of pyridine rings is 1. The minimum Gasteiger partial charge on any atom is -0.339 e. The molecule has 0 aliphatic carbocycles. The first kappa shape index (κ1) is 24.7. The van der Waals surface area contributed by atoms with Crippen LogP contribution in [0.5, 0.6) is 0 Å². The maximum atomic E-state index is 12.1. The molecule has 1 amide bonds. The van der Waals surface area contributed by atoms with Crippen molar-refractivity contribution in [3.05, 3.63) is 30.1 Å². The van der Waals surface area contributed by atoms with E-state index in [0.29, 0.717) is 6.04 Å². The van der Waals surface area contributed by atoms with Crippen LogP contribution in [-0.2, 0) is 4.79 Å². The molecule has 1 unspecified atom stereocenters. The summed E-state index contributed by atoms with van der Waals surface area (Å²) in [6.07, 6.45) is 3.70. The van der Waals surface area contributed by atoms with Crippen molar-refractivity contribution in [3.63, 3.8) is 0 Å². The van der Waals surface area contributed by atoms with E-state index in [1.807, 2.05) is 17.2 Å². The fraction of sp³-hybridized carbons (Fsp3) is 0.600. The van der Waals surface area contributed by atoms with Gasteiger partial charge >= 0.3 is 0 Å². The van der Waals surface area contributed by atoms with E-state index in [0.717, 1.165) is 26.2 Å². The molecule has 0 radical (unpaired) electrons. The molecule has 2 rings (SSSR count). The van der Waals surface area contributed by atoms with Crippen molar-refractivity contribution < 1.29 is 4.79 Å². The van der Waals surface area contributed by atoms with E-state index >= 15 is 0 Å². The summed E-state index contributed by atoms with van der Waals surface area (Å²) in [5.41, 5.74) is 6.32. The van der Waals surface area contributed by atoms with E-state index in [2.05, 4.69) is 22.9 Å². The normalized spacial score (nSPS) is 16.4. The van der Waals surface area contributed by atoms with Crippen molar-refractivity contribution >= 4 is 43.1 Å². The van der Waals surface area contributed by atoms with Gasteiger partial charge in [0, 0.05) is 44.6 Å². The van der Waals surface area contributed by atoms with Gasteiger partial charge in [-0.3, -0.25) is 14.7 Å². The third-order valence-corrected chi connectivity index (χ3v) is 3.87. The first-order valence-corrected chi connectivity index (χ1v) is 7.12. The molecular formula is C15H27Cl3N4O. The number of rotatable bonds is 3. The Morgan fingerprint density at radius 2 is 1.78 bits per heavy atom. The molecule has 1 atom stereocenters. The SMILES string of the molecule is CC(c1cccnc1)N1CCN(C(=O)C(C)(C)N)CC1.Cl.Cl.Cl. The molecule has 0 bridgehead atoms. The first-order valence-electron chi connectivity index (χ1n) is 7.12. The molecule has 1 aliphatic heterocycles. The van der Waals surface area contributed by atoms with Gasteiger partial charge in [-0.05, 0) is 32.4 Å². The summed E-state index contributed by atoms with van der Waals surface area (Å²) in [6.45, 7) is 8.94. The fourth-order valence-electron chi connectivity index (χ4n) is 2.55. The summed E-state index contributed by atoms with van der Waals surface area (Å²) in [6, 6.07) is 4.38. The molecule has 0 spiro atoms. The monoisotopic (exact) mass is 384 g/mol. The zero-order valence-electron chi connectivity index (χ0n) is 13.8. The Morgan fingerprint density at radius 1 is 1.22 bits per heavy atom. The van der Waals surface area contributed by atoms with E-state index in [-0.39, 0.29) is 43.1 Å². The lowest BCUT2D eigenvalue weighted by Crippen LogP contribution is -2.57. The summed E-state index contributed by atoms with van der Waals surface area (Å²) in [5.74, 6) is 0.0335. The molecule has 2 N–H and O–H groups in total. The smallest absolute Gasteiger partial charge is 0.242 e. The molecule has 5 nitrogen and oxygen atoms in total. The Balaban J connectivity index is 0. The third kappa shape index (κ3) is 6.43. The number of nitrogens with two attached hydrogens (primary N) is 1. The minimum absolute atomic E-state index is 0. The Hall–Kier alpha value is -0.590. The minimum atomic E-state index is -0.781. The van der Waals surface area contributed by atoms with Crippen LogP contribution in [0.25, 0.3) is 0 Å². The van der Waals surface area contributed by atoms with Crippen LogP contribution in [0.15, 0.2) is 24.5 Å². The van der Waals surface area contributed by atoms with Gasteiger partial charge in [-0.1, -0.05) is 6.07 Å². The molecule has 23 heavy (non-hydrogen) atoms. The highest BCUT2D eigenvalue weighted by Crippen LogP contribution is 2.21. The number of carbonyl (C=O) groups is 1. The van der Waals surface area contributed by atoms with Crippen LogP contribution in [-0.4, -0.2) is 52.4 Å². The average molecular weight is 386 g/mol. The number of hydrogen-bond donors (Lipinski definition) is 1.